The van der Waals surface area contributed by atoms with E-state index >= 15 is 0 Å². The van der Waals surface area contributed by atoms with Gasteiger partial charge in [-0.3, -0.25) is 9.69 Å². The Labute approximate surface area is 126 Å². The van der Waals surface area contributed by atoms with Crippen molar-refractivity contribution in [1.29, 1.82) is 0 Å². The van der Waals surface area contributed by atoms with Gasteiger partial charge in [0.25, 0.3) is 0 Å². The Kier molecular flexibility index (Phi) is 5.52. The van der Waals surface area contributed by atoms with Crippen LogP contribution in [0.25, 0.3) is 0 Å². The van der Waals surface area contributed by atoms with E-state index in [1.54, 1.807) is 0 Å². The molecule has 1 unspecified atom stereocenters. The van der Waals surface area contributed by atoms with Crippen molar-refractivity contribution in [3.8, 4) is 0 Å². The highest BCUT2D eigenvalue weighted by atomic mass is 16.2. The third kappa shape index (κ3) is 4.72. The molecule has 0 bridgehead atoms. The Morgan fingerprint density at radius 1 is 1.00 bits per heavy atom. The van der Waals surface area contributed by atoms with Crippen molar-refractivity contribution in [3.05, 3.63) is 71.8 Å². The van der Waals surface area contributed by atoms with Gasteiger partial charge in [-0.1, -0.05) is 60.7 Å². The molecular formula is C18H22N2O. The lowest BCUT2D eigenvalue weighted by molar-refractivity contribution is -0.125. The molecule has 3 nitrogen and oxygen atoms in total. The average Bonchev–Trinajstić information content (AvgIpc) is 2.53. The molecule has 21 heavy (non-hydrogen) atoms. The first-order valence-electron chi connectivity index (χ1n) is 7.22. The molecule has 0 saturated carbocycles. The van der Waals surface area contributed by atoms with Crippen LogP contribution in [0.5, 0.6) is 0 Å². The molecular weight excluding hydrogens is 260 g/mol. The maximum absolute atomic E-state index is 12.2. The van der Waals surface area contributed by atoms with Gasteiger partial charge >= 0.3 is 0 Å². The second-order valence-electron chi connectivity index (χ2n) is 5.28. The van der Waals surface area contributed by atoms with Gasteiger partial charge in [0.2, 0.25) is 5.91 Å². The van der Waals surface area contributed by atoms with Crippen LogP contribution in [0, 0.1) is 0 Å². The molecule has 2 aromatic carbocycles. The van der Waals surface area contributed by atoms with Gasteiger partial charge in [0.15, 0.2) is 0 Å². The maximum Gasteiger partial charge on any atom is 0.237 e. The second-order valence-corrected chi connectivity index (χ2v) is 5.28. The van der Waals surface area contributed by atoms with Crippen molar-refractivity contribution < 1.29 is 4.79 Å². The van der Waals surface area contributed by atoms with Gasteiger partial charge in [-0.2, -0.15) is 0 Å². The molecule has 0 heterocycles. The van der Waals surface area contributed by atoms with Crippen LogP contribution in [-0.2, 0) is 17.9 Å². The predicted molar refractivity (Wildman–Crippen MR) is 85.7 cm³/mol. The van der Waals surface area contributed by atoms with Crippen LogP contribution in [0.2, 0.25) is 0 Å². The molecule has 0 aliphatic carbocycles. The minimum atomic E-state index is -0.158. The molecule has 110 valence electrons. The highest BCUT2D eigenvalue weighted by molar-refractivity contribution is 5.81. The third-order valence-electron chi connectivity index (χ3n) is 3.62. The number of amides is 1. The summed E-state index contributed by atoms with van der Waals surface area (Å²) in [6, 6.07) is 20.0. The lowest BCUT2D eigenvalue weighted by Gasteiger charge is -2.24. The largest absolute Gasteiger partial charge is 0.351 e. The van der Waals surface area contributed by atoms with E-state index in [9.17, 15) is 4.79 Å². The van der Waals surface area contributed by atoms with E-state index in [1.165, 1.54) is 5.56 Å². The summed E-state index contributed by atoms with van der Waals surface area (Å²) in [5.74, 6) is 0.0530. The van der Waals surface area contributed by atoms with E-state index in [0.717, 1.165) is 12.1 Å². The molecule has 1 amide bonds. The highest BCUT2D eigenvalue weighted by Crippen LogP contribution is 2.06. The van der Waals surface area contributed by atoms with E-state index in [-0.39, 0.29) is 11.9 Å². The fraction of sp³-hybridized carbons (Fsp3) is 0.278. The summed E-state index contributed by atoms with van der Waals surface area (Å²) in [5.41, 5.74) is 2.33. The van der Waals surface area contributed by atoms with Gasteiger partial charge in [0.1, 0.15) is 0 Å². The molecule has 0 aromatic heterocycles. The lowest BCUT2D eigenvalue weighted by Crippen LogP contribution is -2.42. The number of likely N-dealkylation sites (N-methyl/N-ethyl adjacent to an activating group) is 1. The highest BCUT2D eigenvalue weighted by Gasteiger charge is 2.17. The summed E-state index contributed by atoms with van der Waals surface area (Å²) >= 11 is 0. The summed E-state index contributed by atoms with van der Waals surface area (Å²) in [4.78, 5) is 14.2. The number of nitrogens with zero attached hydrogens (tertiary/aromatic N) is 1. The Morgan fingerprint density at radius 3 is 2.10 bits per heavy atom. The van der Waals surface area contributed by atoms with E-state index in [2.05, 4.69) is 22.3 Å². The van der Waals surface area contributed by atoms with E-state index < -0.39 is 0 Å². The molecule has 0 fully saturated rings. The number of nitrogens with one attached hydrogen (secondary N) is 1. The van der Waals surface area contributed by atoms with Gasteiger partial charge in [-0.05, 0) is 25.1 Å². The minimum Gasteiger partial charge on any atom is -0.351 e. The molecule has 1 N–H and O–H groups in total. The Morgan fingerprint density at radius 2 is 1.52 bits per heavy atom. The molecule has 2 rings (SSSR count). The molecule has 0 aliphatic heterocycles. The Balaban J connectivity index is 1.84. The fourth-order valence-electron chi connectivity index (χ4n) is 2.14. The molecule has 0 aliphatic rings. The van der Waals surface area contributed by atoms with Crippen LogP contribution in [0.3, 0.4) is 0 Å². The van der Waals surface area contributed by atoms with Crippen LogP contribution >= 0.6 is 0 Å². The van der Waals surface area contributed by atoms with Crippen molar-refractivity contribution in [3.63, 3.8) is 0 Å². The molecule has 2 aromatic rings. The van der Waals surface area contributed by atoms with Crippen LogP contribution in [0.15, 0.2) is 60.7 Å². The van der Waals surface area contributed by atoms with Crippen LogP contribution in [0.1, 0.15) is 18.1 Å². The van der Waals surface area contributed by atoms with Crippen LogP contribution in [0.4, 0.5) is 0 Å². The van der Waals surface area contributed by atoms with E-state index in [1.807, 2.05) is 62.5 Å². The fourth-order valence-corrected chi connectivity index (χ4v) is 2.14. The quantitative estimate of drug-likeness (QED) is 0.883. The third-order valence-corrected chi connectivity index (χ3v) is 3.62. The van der Waals surface area contributed by atoms with E-state index in [4.69, 9.17) is 0 Å². The first-order chi connectivity index (χ1) is 10.2. The molecule has 1 atom stereocenters. The van der Waals surface area contributed by atoms with Crippen molar-refractivity contribution in [2.75, 3.05) is 7.05 Å². The summed E-state index contributed by atoms with van der Waals surface area (Å²) in [6.45, 7) is 3.27. The van der Waals surface area contributed by atoms with Gasteiger partial charge < -0.3 is 5.32 Å². The molecule has 3 heteroatoms. The number of benzene rings is 2. The Hall–Kier alpha value is -2.13. The van der Waals surface area contributed by atoms with Gasteiger partial charge in [-0.25, -0.2) is 0 Å². The van der Waals surface area contributed by atoms with Crippen LogP contribution in [-0.4, -0.2) is 23.9 Å². The zero-order chi connectivity index (χ0) is 15.1. The first kappa shape index (κ1) is 15.3. The zero-order valence-electron chi connectivity index (χ0n) is 12.6. The summed E-state index contributed by atoms with van der Waals surface area (Å²) in [7, 11) is 1.97. The topological polar surface area (TPSA) is 32.3 Å². The molecule has 0 saturated heterocycles. The predicted octanol–water partition coefficient (Wildman–Crippen LogP) is 2.82. The summed E-state index contributed by atoms with van der Waals surface area (Å²) in [5, 5.41) is 2.98. The second kappa shape index (κ2) is 7.60. The van der Waals surface area contributed by atoms with Gasteiger partial charge in [0, 0.05) is 13.1 Å². The van der Waals surface area contributed by atoms with Crippen molar-refractivity contribution in [2.24, 2.45) is 0 Å². The first-order valence-corrected chi connectivity index (χ1v) is 7.22. The Bertz CT molecular complexity index is 554. The summed E-state index contributed by atoms with van der Waals surface area (Å²) in [6.07, 6.45) is 0. The standard InChI is InChI=1S/C18H22N2O/c1-15(20(2)14-17-11-7-4-8-12-17)18(21)19-13-16-9-5-3-6-10-16/h3-12,15H,13-14H2,1-2H3,(H,19,21). The number of carbonyl (C=O) groups excluding carboxylic acids is 1. The minimum absolute atomic E-state index is 0.0530. The number of hydrogen-bond acceptors (Lipinski definition) is 2. The molecule has 0 spiro atoms. The monoisotopic (exact) mass is 282 g/mol. The van der Waals surface area contributed by atoms with Gasteiger partial charge in [0.05, 0.1) is 6.04 Å². The number of hydrogen-bond donors (Lipinski definition) is 1. The zero-order valence-corrected chi connectivity index (χ0v) is 12.6. The van der Waals surface area contributed by atoms with Gasteiger partial charge in [-0.15, -0.1) is 0 Å². The van der Waals surface area contributed by atoms with Crippen molar-refractivity contribution >= 4 is 5.91 Å². The lowest BCUT2D eigenvalue weighted by atomic mass is 10.2. The SMILES string of the molecule is CC(C(=O)NCc1ccccc1)N(C)Cc1ccccc1. The maximum atomic E-state index is 12.2. The normalized spacial score (nSPS) is 12.1. The molecule has 0 radical (unpaired) electrons. The van der Waals surface area contributed by atoms with Crippen molar-refractivity contribution in [1.82, 2.24) is 10.2 Å². The number of carbonyl (C=O) groups is 1. The van der Waals surface area contributed by atoms with Crippen LogP contribution < -0.4 is 5.32 Å². The summed E-state index contributed by atoms with van der Waals surface area (Å²) < 4.78 is 0. The van der Waals surface area contributed by atoms with Crippen molar-refractivity contribution in [2.45, 2.75) is 26.1 Å². The van der Waals surface area contributed by atoms with E-state index in [0.29, 0.717) is 6.54 Å². The smallest absolute Gasteiger partial charge is 0.237 e. The number of rotatable bonds is 6. The average molecular weight is 282 g/mol.